The number of methoxy groups -OCH3 is 1. The Hall–Kier alpha value is -2.49. The summed E-state index contributed by atoms with van der Waals surface area (Å²) in [4.78, 5) is 31.8. The van der Waals surface area contributed by atoms with Gasteiger partial charge in [-0.25, -0.2) is 4.98 Å². The normalized spacial score (nSPS) is 27.8. The molecular weight excluding hydrogens is 514 g/mol. The lowest BCUT2D eigenvalue weighted by molar-refractivity contribution is -0.144. The number of nitrogens with zero attached hydrogens (tertiary/aromatic N) is 1. The number of nitrogens with one attached hydrogen (secondary N) is 2. The Kier molecular flexibility index (Phi) is 9.34. The molecule has 0 saturated heterocycles. The molecule has 39 heavy (non-hydrogen) atoms. The molecule has 1 fully saturated rings. The predicted octanol–water partition coefficient (Wildman–Crippen LogP) is 4.79. The minimum absolute atomic E-state index is 0.0285. The number of fused-ring (bicyclic) bond motifs is 2. The number of carbonyl (C=O) groups excluding carboxylic acids is 2. The summed E-state index contributed by atoms with van der Waals surface area (Å²) in [5.74, 6) is 0.435. The van der Waals surface area contributed by atoms with Crippen molar-refractivity contribution >= 4 is 28.3 Å². The SMILES string of the molecule is CCCCCC(=O)Nc1nc2c(s1)CC1C(C)(CO)C(O)CCC1(C)C2CC(=O)NCc1ccc(OC)cc1. The lowest BCUT2D eigenvalue weighted by Gasteiger charge is -2.58. The summed E-state index contributed by atoms with van der Waals surface area (Å²) >= 11 is 1.46. The van der Waals surface area contributed by atoms with E-state index in [-0.39, 0.29) is 42.1 Å². The molecule has 4 N–H and O–H groups in total. The molecular formula is C30H43N3O5S. The Morgan fingerprint density at radius 3 is 2.59 bits per heavy atom. The highest BCUT2D eigenvalue weighted by atomic mass is 32.1. The fraction of sp³-hybridized carbons (Fsp3) is 0.633. The van der Waals surface area contributed by atoms with Gasteiger partial charge in [0.15, 0.2) is 5.13 Å². The molecule has 8 nitrogen and oxygen atoms in total. The Balaban J connectivity index is 1.58. The molecule has 1 saturated carbocycles. The molecule has 2 aliphatic carbocycles. The topological polar surface area (TPSA) is 121 Å². The highest BCUT2D eigenvalue weighted by molar-refractivity contribution is 7.15. The number of anilines is 1. The number of benzene rings is 1. The van der Waals surface area contributed by atoms with E-state index < -0.39 is 11.5 Å². The van der Waals surface area contributed by atoms with Crippen molar-refractivity contribution < 1.29 is 24.5 Å². The quantitative estimate of drug-likeness (QED) is 0.295. The third-order valence-electron chi connectivity index (χ3n) is 9.19. The van der Waals surface area contributed by atoms with Crippen LogP contribution in [0.1, 0.15) is 87.8 Å². The van der Waals surface area contributed by atoms with Gasteiger partial charge in [-0.15, -0.1) is 11.3 Å². The van der Waals surface area contributed by atoms with Crippen LogP contribution in [-0.2, 0) is 22.6 Å². The predicted molar refractivity (Wildman–Crippen MR) is 153 cm³/mol. The van der Waals surface area contributed by atoms with Crippen LogP contribution in [0.4, 0.5) is 5.13 Å². The van der Waals surface area contributed by atoms with Crippen LogP contribution in [0.15, 0.2) is 24.3 Å². The first-order valence-corrected chi connectivity index (χ1v) is 14.9. The van der Waals surface area contributed by atoms with Crippen molar-refractivity contribution in [1.82, 2.24) is 10.3 Å². The van der Waals surface area contributed by atoms with E-state index >= 15 is 0 Å². The van der Waals surface area contributed by atoms with E-state index in [4.69, 9.17) is 9.72 Å². The molecule has 0 aliphatic heterocycles. The monoisotopic (exact) mass is 557 g/mol. The molecule has 1 aromatic carbocycles. The first-order valence-electron chi connectivity index (χ1n) is 14.1. The number of carbonyl (C=O) groups is 2. The molecule has 2 aromatic rings. The second-order valence-electron chi connectivity index (χ2n) is 11.7. The van der Waals surface area contributed by atoms with Crippen molar-refractivity contribution in [2.75, 3.05) is 19.0 Å². The van der Waals surface area contributed by atoms with Crippen LogP contribution in [0.3, 0.4) is 0 Å². The van der Waals surface area contributed by atoms with E-state index in [0.29, 0.717) is 30.9 Å². The zero-order chi connectivity index (χ0) is 28.2. The third-order valence-corrected chi connectivity index (χ3v) is 10.2. The highest BCUT2D eigenvalue weighted by Crippen LogP contribution is 2.62. The van der Waals surface area contributed by atoms with Gasteiger partial charge in [-0.3, -0.25) is 9.59 Å². The van der Waals surface area contributed by atoms with Gasteiger partial charge in [0.1, 0.15) is 5.75 Å². The number of aromatic nitrogens is 1. The molecule has 9 heteroatoms. The fourth-order valence-electron chi connectivity index (χ4n) is 6.62. The summed E-state index contributed by atoms with van der Waals surface area (Å²) in [6.45, 7) is 6.54. The smallest absolute Gasteiger partial charge is 0.226 e. The number of ether oxygens (including phenoxy) is 1. The van der Waals surface area contributed by atoms with Crippen molar-refractivity contribution in [3.63, 3.8) is 0 Å². The molecule has 0 bridgehead atoms. The Bertz CT molecular complexity index is 1150. The number of amides is 2. The number of thiazole rings is 1. The van der Waals surface area contributed by atoms with Gasteiger partial charge in [0.25, 0.3) is 0 Å². The second-order valence-corrected chi connectivity index (χ2v) is 12.8. The van der Waals surface area contributed by atoms with Gasteiger partial charge in [0, 0.05) is 35.6 Å². The van der Waals surface area contributed by atoms with Gasteiger partial charge in [-0.1, -0.05) is 45.7 Å². The van der Waals surface area contributed by atoms with Crippen LogP contribution >= 0.6 is 11.3 Å². The number of hydrogen-bond donors (Lipinski definition) is 4. The molecule has 1 aromatic heterocycles. The lowest BCUT2D eigenvalue weighted by Crippen LogP contribution is -2.57. The molecule has 214 valence electrons. The molecule has 2 amide bonds. The number of aliphatic hydroxyl groups excluding tert-OH is 2. The standard InChI is InChI=1S/C30H43N3O5S/c1-5-6-7-8-25(36)32-28-33-27-21(15-26(37)31-17-19-9-11-20(38-4)12-10-19)29(2)14-13-24(35)30(3,18-34)23(29)16-22(27)39-28/h9-12,21,23-24,34-35H,5-8,13-18H2,1-4H3,(H,31,37)(H,32,33,36). The van der Waals surface area contributed by atoms with Crippen molar-refractivity contribution in [2.24, 2.45) is 16.7 Å². The maximum absolute atomic E-state index is 13.3. The van der Waals surface area contributed by atoms with E-state index in [1.54, 1.807) is 7.11 Å². The van der Waals surface area contributed by atoms with Crippen molar-refractivity contribution in [3.8, 4) is 5.75 Å². The van der Waals surface area contributed by atoms with Crippen molar-refractivity contribution in [2.45, 2.75) is 90.7 Å². The van der Waals surface area contributed by atoms with Gasteiger partial charge in [0.05, 0.1) is 25.5 Å². The van der Waals surface area contributed by atoms with Crippen molar-refractivity contribution in [3.05, 3.63) is 40.4 Å². The number of hydrogen-bond acceptors (Lipinski definition) is 7. The Morgan fingerprint density at radius 1 is 1.18 bits per heavy atom. The van der Waals surface area contributed by atoms with E-state index in [0.717, 1.165) is 47.6 Å². The van der Waals surface area contributed by atoms with Crippen LogP contribution in [0, 0.1) is 16.7 Å². The minimum Gasteiger partial charge on any atom is -0.497 e. The van der Waals surface area contributed by atoms with Gasteiger partial charge in [-0.05, 0) is 54.7 Å². The zero-order valence-corrected chi connectivity index (χ0v) is 24.4. The van der Waals surface area contributed by atoms with Crippen molar-refractivity contribution in [1.29, 1.82) is 0 Å². The average molecular weight is 558 g/mol. The Morgan fingerprint density at radius 2 is 1.92 bits per heavy atom. The molecule has 5 unspecified atom stereocenters. The number of rotatable bonds is 11. The van der Waals surface area contributed by atoms with Gasteiger partial charge < -0.3 is 25.6 Å². The van der Waals surface area contributed by atoms with Crippen LogP contribution < -0.4 is 15.4 Å². The fourth-order valence-corrected chi connectivity index (χ4v) is 7.70. The van der Waals surface area contributed by atoms with E-state index in [9.17, 15) is 19.8 Å². The summed E-state index contributed by atoms with van der Waals surface area (Å²) in [5, 5.41) is 28.0. The third kappa shape index (κ3) is 6.15. The first-order chi connectivity index (χ1) is 18.6. The van der Waals surface area contributed by atoms with E-state index in [2.05, 4.69) is 24.5 Å². The van der Waals surface area contributed by atoms with Crippen LogP contribution in [-0.4, -0.2) is 46.8 Å². The zero-order valence-electron chi connectivity index (χ0n) is 23.6. The number of unbranched alkanes of at least 4 members (excludes halogenated alkanes) is 2. The summed E-state index contributed by atoms with van der Waals surface area (Å²) in [6.07, 6.45) is 4.97. The van der Waals surface area contributed by atoms with E-state index in [1.807, 2.05) is 31.2 Å². The summed E-state index contributed by atoms with van der Waals surface area (Å²) < 4.78 is 5.22. The lowest BCUT2D eigenvalue weighted by atomic mass is 9.47. The first kappa shape index (κ1) is 29.5. The Labute approximate surface area is 235 Å². The molecule has 0 radical (unpaired) electrons. The van der Waals surface area contributed by atoms with Crippen LogP contribution in [0.2, 0.25) is 0 Å². The maximum Gasteiger partial charge on any atom is 0.226 e. The molecule has 0 spiro atoms. The largest absolute Gasteiger partial charge is 0.497 e. The molecule has 2 aliphatic rings. The van der Waals surface area contributed by atoms with E-state index in [1.165, 1.54) is 11.3 Å². The minimum atomic E-state index is -0.684. The van der Waals surface area contributed by atoms with Crippen LogP contribution in [0.5, 0.6) is 5.75 Å². The van der Waals surface area contributed by atoms with Gasteiger partial charge in [-0.2, -0.15) is 0 Å². The summed E-state index contributed by atoms with van der Waals surface area (Å²) in [6, 6.07) is 7.61. The summed E-state index contributed by atoms with van der Waals surface area (Å²) in [7, 11) is 1.62. The average Bonchev–Trinajstić information content (AvgIpc) is 3.33. The molecule has 4 rings (SSSR count). The molecule has 5 atom stereocenters. The van der Waals surface area contributed by atoms with Crippen LogP contribution in [0.25, 0.3) is 0 Å². The number of aliphatic hydroxyl groups is 2. The summed E-state index contributed by atoms with van der Waals surface area (Å²) in [5.41, 5.74) is 0.833. The second kappa shape index (κ2) is 12.4. The highest BCUT2D eigenvalue weighted by Gasteiger charge is 2.59. The van der Waals surface area contributed by atoms with Gasteiger partial charge in [0.2, 0.25) is 11.8 Å². The maximum atomic E-state index is 13.3. The van der Waals surface area contributed by atoms with Gasteiger partial charge >= 0.3 is 0 Å². The molecule has 1 heterocycles.